The van der Waals surface area contributed by atoms with Crippen molar-refractivity contribution < 1.29 is 4.74 Å². The molecule has 0 fully saturated rings. The van der Waals surface area contributed by atoms with E-state index in [-0.39, 0.29) is 0 Å². The summed E-state index contributed by atoms with van der Waals surface area (Å²) in [6.45, 7) is 0. The van der Waals surface area contributed by atoms with E-state index in [0.29, 0.717) is 0 Å². The van der Waals surface area contributed by atoms with E-state index in [1.54, 1.807) is 0 Å². The van der Waals surface area contributed by atoms with Crippen LogP contribution in [0.3, 0.4) is 0 Å². The van der Waals surface area contributed by atoms with Crippen molar-refractivity contribution in [1.29, 1.82) is 0 Å². The Morgan fingerprint density at radius 3 is 2.05 bits per heavy atom. The molecule has 1 aromatic heterocycles. The van der Waals surface area contributed by atoms with Gasteiger partial charge in [0.1, 0.15) is 11.5 Å². The van der Waals surface area contributed by atoms with Crippen molar-refractivity contribution in [3.63, 3.8) is 0 Å². The zero-order valence-corrected chi connectivity index (χ0v) is 24.0. The minimum absolute atomic E-state index is 0.869. The fourth-order valence-corrected chi connectivity index (χ4v) is 7.70. The molecule has 0 N–H and O–H groups in total. The molecule has 0 saturated heterocycles. The Morgan fingerprint density at radius 2 is 1.16 bits per heavy atom. The van der Waals surface area contributed by atoms with Crippen molar-refractivity contribution in [1.82, 2.24) is 0 Å². The monoisotopic (exact) mass is 567 g/mol. The summed E-state index contributed by atoms with van der Waals surface area (Å²) in [6, 6.07) is 54.1. The molecular formula is C40H25NOS. The van der Waals surface area contributed by atoms with Crippen LogP contribution in [-0.4, -0.2) is 0 Å². The maximum atomic E-state index is 6.72. The number of fused-ring (bicyclic) bond motifs is 5. The normalized spacial score (nSPS) is 11.9. The average Bonchev–Trinajstić information content (AvgIpc) is 3.46. The summed E-state index contributed by atoms with van der Waals surface area (Å²) < 4.78 is 9.30. The first kappa shape index (κ1) is 24.2. The van der Waals surface area contributed by atoms with Gasteiger partial charge in [-0.2, -0.15) is 0 Å². The molecule has 7 aromatic carbocycles. The summed E-state index contributed by atoms with van der Waals surface area (Å²) in [5.41, 5.74) is 8.07. The number of nitrogens with zero attached hydrogens (tertiary/aromatic N) is 1. The molecule has 0 bridgehead atoms. The average molecular weight is 568 g/mol. The van der Waals surface area contributed by atoms with E-state index in [0.717, 1.165) is 34.1 Å². The van der Waals surface area contributed by atoms with E-state index in [2.05, 4.69) is 157 Å². The summed E-state index contributed by atoms with van der Waals surface area (Å²) in [6.07, 6.45) is 0. The molecule has 8 aromatic rings. The van der Waals surface area contributed by atoms with Gasteiger partial charge < -0.3 is 9.64 Å². The van der Waals surface area contributed by atoms with E-state index in [4.69, 9.17) is 4.74 Å². The van der Waals surface area contributed by atoms with Crippen LogP contribution >= 0.6 is 11.3 Å². The van der Waals surface area contributed by atoms with Gasteiger partial charge >= 0.3 is 0 Å². The molecule has 9 rings (SSSR count). The number of benzene rings is 7. The summed E-state index contributed by atoms with van der Waals surface area (Å²) in [4.78, 5) is 2.36. The highest BCUT2D eigenvalue weighted by Gasteiger charge is 2.24. The van der Waals surface area contributed by atoms with Crippen LogP contribution in [0.25, 0.3) is 53.2 Å². The molecule has 2 heterocycles. The number of ether oxygens (including phenoxy) is 1. The lowest BCUT2D eigenvalue weighted by atomic mass is 9.90. The molecule has 0 radical (unpaired) electrons. The Labute approximate surface area is 253 Å². The second-order valence-corrected chi connectivity index (χ2v) is 12.0. The van der Waals surface area contributed by atoms with Gasteiger partial charge in [-0.3, -0.25) is 0 Å². The SMILES string of the molecule is c1ccc(-c2ccc3c4c(cccc24)-c2ccc(N(c4ccccc4)c4cccc5sc6ccccc6c45)cc2O3)cc1. The molecule has 3 heteroatoms. The Balaban J connectivity index is 1.24. The van der Waals surface area contributed by atoms with Crippen molar-refractivity contribution in [3.8, 4) is 33.8 Å². The first-order chi connectivity index (χ1) is 21.3. The van der Waals surface area contributed by atoms with Crippen LogP contribution < -0.4 is 9.64 Å². The number of hydrogen-bond donors (Lipinski definition) is 0. The van der Waals surface area contributed by atoms with Crippen LogP contribution in [0, 0.1) is 0 Å². The number of anilines is 3. The van der Waals surface area contributed by atoms with Gasteiger partial charge in [-0.1, -0.05) is 97.1 Å². The summed E-state index contributed by atoms with van der Waals surface area (Å²) in [7, 11) is 0. The van der Waals surface area contributed by atoms with Crippen molar-refractivity contribution in [2.45, 2.75) is 0 Å². The Morgan fingerprint density at radius 1 is 0.442 bits per heavy atom. The molecule has 43 heavy (non-hydrogen) atoms. The summed E-state index contributed by atoms with van der Waals surface area (Å²) in [5.74, 6) is 1.76. The third kappa shape index (κ3) is 3.79. The van der Waals surface area contributed by atoms with Crippen molar-refractivity contribution in [3.05, 3.63) is 152 Å². The standard InChI is InChI=1S/C40H25NOS/c1-3-11-26(12-4-1)29-23-24-35-39-31(29)16-9-17-32(39)30-22-21-28(25-36(30)42-35)41(27-13-5-2-6-14-27)34-18-10-20-38-40(34)33-15-7-8-19-37(33)43-38/h1-25H. The van der Waals surface area contributed by atoms with Crippen molar-refractivity contribution >= 4 is 59.3 Å². The molecular weight excluding hydrogens is 543 g/mol. The van der Waals surface area contributed by atoms with E-state index in [1.807, 2.05) is 11.3 Å². The highest BCUT2D eigenvalue weighted by atomic mass is 32.1. The first-order valence-corrected chi connectivity index (χ1v) is 15.3. The number of para-hydroxylation sites is 1. The third-order valence-corrected chi connectivity index (χ3v) is 9.59. The van der Waals surface area contributed by atoms with Crippen LogP contribution in [0.2, 0.25) is 0 Å². The van der Waals surface area contributed by atoms with Crippen molar-refractivity contribution in [2.75, 3.05) is 4.90 Å². The highest BCUT2D eigenvalue weighted by molar-refractivity contribution is 7.26. The maximum absolute atomic E-state index is 6.72. The number of hydrogen-bond acceptors (Lipinski definition) is 3. The van der Waals surface area contributed by atoms with Crippen molar-refractivity contribution in [2.24, 2.45) is 0 Å². The van der Waals surface area contributed by atoms with Gasteiger partial charge in [0.05, 0.1) is 5.69 Å². The molecule has 0 spiro atoms. The smallest absolute Gasteiger partial charge is 0.137 e. The number of rotatable bonds is 4. The lowest BCUT2D eigenvalue weighted by molar-refractivity contribution is 0.487. The molecule has 202 valence electrons. The molecule has 1 aliphatic heterocycles. The van der Waals surface area contributed by atoms with Gasteiger partial charge in [0.25, 0.3) is 0 Å². The Bertz CT molecular complexity index is 2320. The highest BCUT2D eigenvalue weighted by Crippen LogP contribution is 2.51. The number of thiophene rings is 1. The summed E-state index contributed by atoms with van der Waals surface area (Å²) >= 11 is 1.84. The van der Waals surface area contributed by atoms with Crippen LogP contribution in [-0.2, 0) is 0 Å². The molecule has 2 nitrogen and oxygen atoms in total. The van der Waals surface area contributed by atoms with Gasteiger partial charge in [-0.25, -0.2) is 0 Å². The zero-order chi connectivity index (χ0) is 28.3. The van der Waals surface area contributed by atoms with E-state index < -0.39 is 0 Å². The Hall–Kier alpha value is -5.38. The third-order valence-electron chi connectivity index (χ3n) is 8.46. The van der Waals surface area contributed by atoms with Gasteiger partial charge in [-0.15, -0.1) is 11.3 Å². The van der Waals surface area contributed by atoms with Gasteiger partial charge in [-0.05, 0) is 70.6 Å². The minimum Gasteiger partial charge on any atom is -0.456 e. The molecule has 0 atom stereocenters. The van der Waals surface area contributed by atoms with Crippen LogP contribution in [0.15, 0.2) is 152 Å². The van der Waals surface area contributed by atoms with E-state index in [9.17, 15) is 0 Å². The molecule has 1 aliphatic rings. The van der Waals surface area contributed by atoms with E-state index in [1.165, 1.54) is 47.6 Å². The predicted octanol–water partition coefficient (Wildman–Crippen LogP) is 12.1. The predicted molar refractivity (Wildman–Crippen MR) is 182 cm³/mol. The lowest BCUT2D eigenvalue weighted by Gasteiger charge is -2.29. The lowest BCUT2D eigenvalue weighted by Crippen LogP contribution is -2.11. The van der Waals surface area contributed by atoms with Gasteiger partial charge in [0.15, 0.2) is 0 Å². The minimum atomic E-state index is 0.869. The second-order valence-electron chi connectivity index (χ2n) is 10.9. The second kappa shape index (κ2) is 9.59. The Kier molecular flexibility index (Phi) is 5.40. The fraction of sp³-hybridized carbons (Fsp3) is 0. The van der Waals surface area contributed by atoms with Gasteiger partial charge in [0.2, 0.25) is 0 Å². The van der Waals surface area contributed by atoms with Crippen LogP contribution in [0.5, 0.6) is 11.5 Å². The zero-order valence-electron chi connectivity index (χ0n) is 23.2. The fourth-order valence-electron chi connectivity index (χ4n) is 6.58. The van der Waals surface area contributed by atoms with Crippen LogP contribution in [0.1, 0.15) is 0 Å². The molecule has 0 aliphatic carbocycles. The summed E-state index contributed by atoms with van der Waals surface area (Å²) in [5, 5.41) is 4.92. The van der Waals surface area contributed by atoms with E-state index >= 15 is 0 Å². The molecule has 0 saturated carbocycles. The van der Waals surface area contributed by atoms with Gasteiger partial charge in [0, 0.05) is 48.6 Å². The maximum Gasteiger partial charge on any atom is 0.137 e. The molecule has 0 amide bonds. The quantitative estimate of drug-likeness (QED) is 0.210. The largest absolute Gasteiger partial charge is 0.456 e. The topological polar surface area (TPSA) is 12.5 Å². The first-order valence-electron chi connectivity index (χ1n) is 14.5. The van der Waals surface area contributed by atoms with Crippen LogP contribution in [0.4, 0.5) is 17.1 Å². The molecule has 0 unspecified atom stereocenters.